The summed E-state index contributed by atoms with van der Waals surface area (Å²) < 4.78 is 7.75. The number of ether oxygens (including phenoxy) is 1. The van der Waals surface area contributed by atoms with E-state index in [2.05, 4.69) is 25.9 Å². The zero-order valence-corrected chi connectivity index (χ0v) is 9.86. The maximum Gasteiger partial charge on any atom is 0.160 e. The van der Waals surface area contributed by atoms with Crippen LogP contribution in [0.4, 0.5) is 0 Å². The van der Waals surface area contributed by atoms with Crippen molar-refractivity contribution in [3.8, 4) is 0 Å². The Hall–Kier alpha value is -0.980. The van der Waals surface area contributed by atoms with Crippen molar-refractivity contribution in [1.82, 2.24) is 14.4 Å². The van der Waals surface area contributed by atoms with Gasteiger partial charge in [0.15, 0.2) is 5.65 Å². The molecule has 0 spiro atoms. The van der Waals surface area contributed by atoms with Gasteiger partial charge in [0.1, 0.15) is 4.60 Å². The number of nitrogens with zero attached hydrogens (tertiary/aromatic N) is 3. The van der Waals surface area contributed by atoms with E-state index in [1.807, 2.05) is 10.6 Å². The van der Waals surface area contributed by atoms with E-state index < -0.39 is 0 Å². The lowest BCUT2D eigenvalue weighted by Gasteiger charge is -2.04. The minimum Gasteiger partial charge on any atom is -0.378 e. The lowest BCUT2D eigenvalue weighted by molar-refractivity contribution is 0.181. The molecule has 5 nitrogen and oxygen atoms in total. The van der Waals surface area contributed by atoms with Crippen molar-refractivity contribution in [1.29, 1.82) is 0 Å². The fraction of sp³-hybridized carbons (Fsp3) is 0.333. The van der Waals surface area contributed by atoms with Gasteiger partial charge >= 0.3 is 0 Å². The van der Waals surface area contributed by atoms with Crippen molar-refractivity contribution in [2.45, 2.75) is 13.2 Å². The SMILES string of the molecule is COCc1cnc2c(CN)nc(Br)cn12. The topological polar surface area (TPSA) is 65.4 Å². The van der Waals surface area contributed by atoms with Gasteiger partial charge in [0.2, 0.25) is 0 Å². The standard InChI is InChI=1S/C9H11BrN4O/c1-15-5-6-3-12-9-7(2-11)13-8(10)4-14(6)9/h3-4H,2,5,11H2,1H3. The first kappa shape index (κ1) is 10.5. The highest BCUT2D eigenvalue weighted by Gasteiger charge is 2.08. The predicted octanol–water partition coefficient (Wildman–Crippen LogP) is 1.10. The highest BCUT2D eigenvalue weighted by molar-refractivity contribution is 9.10. The molecule has 2 rings (SSSR count). The molecular weight excluding hydrogens is 260 g/mol. The van der Waals surface area contributed by atoms with E-state index in [1.165, 1.54) is 0 Å². The summed E-state index contributed by atoms with van der Waals surface area (Å²) in [6.07, 6.45) is 3.63. The Bertz CT molecular complexity index is 482. The van der Waals surface area contributed by atoms with E-state index in [-0.39, 0.29) is 0 Å². The summed E-state index contributed by atoms with van der Waals surface area (Å²) in [5.74, 6) is 0. The van der Waals surface area contributed by atoms with Crippen LogP contribution in [0.15, 0.2) is 17.0 Å². The molecule has 0 unspecified atom stereocenters. The molecule has 0 aliphatic rings. The highest BCUT2D eigenvalue weighted by Crippen LogP contribution is 2.15. The maximum atomic E-state index is 5.60. The van der Waals surface area contributed by atoms with Gasteiger partial charge in [-0.1, -0.05) is 0 Å². The first-order valence-corrected chi connectivity index (χ1v) is 5.26. The molecule has 2 heterocycles. The summed E-state index contributed by atoms with van der Waals surface area (Å²) in [7, 11) is 1.65. The third kappa shape index (κ3) is 1.88. The van der Waals surface area contributed by atoms with Gasteiger partial charge in [-0.15, -0.1) is 0 Å². The molecule has 2 aromatic rings. The van der Waals surface area contributed by atoms with Crippen molar-refractivity contribution in [3.05, 3.63) is 28.4 Å². The normalized spacial score (nSPS) is 11.1. The molecule has 2 aromatic heterocycles. The average molecular weight is 271 g/mol. The second-order valence-corrected chi connectivity index (χ2v) is 3.90. The number of aromatic nitrogens is 3. The quantitative estimate of drug-likeness (QED) is 0.907. The monoisotopic (exact) mass is 270 g/mol. The van der Waals surface area contributed by atoms with Gasteiger partial charge < -0.3 is 10.5 Å². The molecule has 2 N–H and O–H groups in total. The van der Waals surface area contributed by atoms with Crippen LogP contribution in [-0.2, 0) is 17.9 Å². The molecule has 0 aromatic carbocycles. The fourth-order valence-electron chi connectivity index (χ4n) is 1.46. The Kier molecular flexibility index (Phi) is 2.99. The smallest absolute Gasteiger partial charge is 0.160 e. The molecule has 0 radical (unpaired) electrons. The minimum absolute atomic E-state index is 0.367. The number of hydrogen-bond acceptors (Lipinski definition) is 4. The largest absolute Gasteiger partial charge is 0.378 e. The Morgan fingerprint density at radius 3 is 3.07 bits per heavy atom. The zero-order valence-electron chi connectivity index (χ0n) is 8.27. The second kappa shape index (κ2) is 4.26. The molecule has 0 saturated carbocycles. The number of hydrogen-bond donors (Lipinski definition) is 1. The van der Waals surface area contributed by atoms with Crippen LogP contribution in [0, 0.1) is 0 Å². The van der Waals surface area contributed by atoms with Crippen LogP contribution < -0.4 is 5.73 Å². The second-order valence-electron chi connectivity index (χ2n) is 3.09. The van der Waals surface area contributed by atoms with Gasteiger partial charge in [-0.2, -0.15) is 0 Å². The number of methoxy groups -OCH3 is 1. The molecule has 0 amide bonds. The van der Waals surface area contributed by atoms with E-state index in [0.29, 0.717) is 13.2 Å². The Labute approximate surface area is 95.4 Å². The first-order chi connectivity index (χ1) is 7.26. The van der Waals surface area contributed by atoms with Gasteiger partial charge in [0.05, 0.1) is 24.2 Å². The summed E-state index contributed by atoms with van der Waals surface area (Å²) in [6.45, 7) is 0.883. The number of halogens is 1. The lowest BCUT2D eigenvalue weighted by Crippen LogP contribution is -2.05. The van der Waals surface area contributed by atoms with Crippen molar-refractivity contribution in [2.75, 3.05) is 7.11 Å². The molecule has 0 bridgehead atoms. The van der Waals surface area contributed by atoms with E-state index in [4.69, 9.17) is 10.5 Å². The van der Waals surface area contributed by atoms with Gasteiger partial charge in [0, 0.05) is 19.9 Å². The molecule has 0 saturated heterocycles. The van der Waals surface area contributed by atoms with Crippen LogP contribution in [0.3, 0.4) is 0 Å². The molecule has 15 heavy (non-hydrogen) atoms. The Balaban J connectivity index is 2.64. The maximum absolute atomic E-state index is 5.60. The van der Waals surface area contributed by atoms with E-state index in [9.17, 15) is 0 Å². The minimum atomic E-state index is 0.367. The lowest BCUT2D eigenvalue weighted by atomic mass is 10.4. The number of nitrogens with two attached hydrogens (primary N) is 1. The summed E-state index contributed by atoms with van der Waals surface area (Å²) in [4.78, 5) is 8.53. The predicted molar refractivity (Wildman–Crippen MR) is 59.3 cm³/mol. The summed E-state index contributed by atoms with van der Waals surface area (Å²) in [5, 5.41) is 0. The number of imidazole rings is 1. The summed E-state index contributed by atoms with van der Waals surface area (Å²) in [5.41, 5.74) is 8.13. The molecular formula is C9H11BrN4O. The number of fused-ring (bicyclic) bond motifs is 1. The average Bonchev–Trinajstić information content (AvgIpc) is 2.61. The van der Waals surface area contributed by atoms with E-state index in [1.54, 1.807) is 13.3 Å². The summed E-state index contributed by atoms with van der Waals surface area (Å²) in [6, 6.07) is 0. The van der Waals surface area contributed by atoms with Crippen LogP contribution >= 0.6 is 15.9 Å². The van der Waals surface area contributed by atoms with Crippen LogP contribution in [0.1, 0.15) is 11.4 Å². The molecule has 80 valence electrons. The van der Waals surface area contributed by atoms with Crippen LogP contribution in [-0.4, -0.2) is 21.5 Å². The van der Waals surface area contributed by atoms with Crippen molar-refractivity contribution in [3.63, 3.8) is 0 Å². The third-order valence-corrected chi connectivity index (χ3v) is 2.48. The molecule has 0 atom stereocenters. The van der Waals surface area contributed by atoms with Gasteiger partial charge in [-0.25, -0.2) is 9.97 Å². The number of rotatable bonds is 3. The molecule has 0 aliphatic carbocycles. The van der Waals surface area contributed by atoms with Gasteiger partial charge in [-0.05, 0) is 15.9 Å². The Morgan fingerprint density at radius 1 is 1.60 bits per heavy atom. The van der Waals surface area contributed by atoms with Crippen molar-refractivity contribution < 1.29 is 4.74 Å². The highest BCUT2D eigenvalue weighted by atomic mass is 79.9. The van der Waals surface area contributed by atoms with Crippen LogP contribution in [0.25, 0.3) is 5.65 Å². The molecule has 0 fully saturated rings. The van der Waals surface area contributed by atoms with Crippen LogP contribution in [0.2, 0.25) is 0 Å². The summed E-state index contributed by atoms with van der Waals surface area (Å²) >= 11 is 3.34. The Morgan fingerprint density at radius 2 is 2.40 bits per heavy atom. The molecule has 0 aliphatic heterocycles. The fourth-order valence-corrected chi connectivity index (χ4v) is 1.88. The van der Waals surface area contributed by atoms with Crippen LogP contribution in [0.5, 0.6) is 0 Å². The molecule has 6 heteroatoms. The van der Waals surface area contributed by atoms with Gasteiger partial charge in [0.25, 0.3) is 0 Å². The van der Waals surface area contributed by atoms with Crippen molar-refractivity contribution in [2.24, 2.45) is 5.73 Å². The van der Waals surface area contributed by atoms with Gasteiger partial charge in [-0.3, -0.25) is 4.40 Å². The van der Waals surface area contributed by atoms with Crippen molar-refractivity contribution >= 4 is 21.6 Å². The van der Waals surface area contributed by atoms with E-state index in [0.717, 1.165) is 21.6 Å². The third-order valence-electron chi connectivity index (χ3n) is 2.09. The van der Waals surface area contributed by atoms with E-state index >= 15 is 0 Å². The first-order valence-electron chi connectivity index (χ1n) is 4.46. The zero-order chi connectivity index (χ0) is 10.8.